The van der Waals surface area contributed by atoms with E-state index in [1.165, 1.54) is 0 Å². The summed E-state index contributed by atoms with van der Waals surface area (Å²) in [6.45, 7) is 8.01. The number of hydrogen-bond acceptors (Lipinski definition) is 3. The van der Waals surface area contributed by atoms with Gasteiger partial charge < -0.3 is 9.47 Å². The van der Waals surface area contributed by atoms with Crippen molar-refractivity contribution in [1.82, 2.24) is 0 Å². The van der Waals surface area contributed by atoms with Gasteiger partial charge in [-0.15, -0.1) is 0 Å². The minimum Gasteiger partial charge on any atom is -0.344 e. The lowest BCUT2D eigenvalue weighted by atomic mass is 10.0. The lowest BCUT2D eigenvalue weighted by Gasteiger charge is -2.36. The Morgan fingerprint density at radius 3 is 2.62 bits per heavy atom. The minimum atomic E-state index is -1.01. The van der Waals surface area contributed by atoms with Crippen LogP contribution in [0.2, 0.25) is 0 Å². The molecule has 0 bridgehead atoms. The first kappa shape index (κ1) is 10.7. The second-order valence-corrected chi connectivity index (χ2v) is 4.03. The highest BCUT2D eigenvalue weighted by Gasteiger charge is 2.40. The van der Waals surface area contributed by atoms with E-state index in [1.807, 2.05) is 20.8 Å². The molecule has 1 rings (SSSR count). The molecule has 76 valence electrons. The van der Waals surface area contributed by atoms with Crippen LogP contribution >= 0.6 is 0 Å². The standard InChI is InChI=1S/C10H18O3/c1-7(2)9(11)10(4)12-6-5-8(3)13-10/h7-8H,5-6H2,1-4H3. The molecule has 1 saturated heterocycles. The Morgan fingerprint density at radius 1 is 1.54 bits per heavy atom. The average Bonchev–Trinajstić information content (AvgIpc) is 2.02. The first-order valence-corrected chi connectivity index (χ1v) is 4.82. The van der Waals surface area contributed by atoms with E-state index in [2.05, 4.69) is 0 Å². The molecule has 0 saturated carbocycles. The molecule has 0 radical (unpaired) electrons. The van der Waals surface area contributed by atoms with E-state index in [1.54, 1.807) is 6.92 Å². The Labute approximate surface area is 79.4 Å². The van der Waals surface area contributed by atoms with E-state index in [0.717, 1.165) is 6.42 Å². The van der Waals surface area contributed by atoms with Gasteiger partial charge in [-0.1, -0.05) is 13.8 Å². The van der Waals surface area contributed by atoms with Crippen LogP contribution in [0.25, 0.3) is 0 Å². The Kier molecular flexibility index (Phi) is 3.09. The van der Waals surface area contributed by atoms with E-state index in [4.69, 9.17) is 9.47 Å². The highest BCUT2D eigenvalue weighted by Crippen LogP contribution is 2.25. The van der Waals surface area contributed by atoms with Gasteiger partial charge in [0, 0.05) is 5.92 Å². The Morgan fingerprint density at radius 2 is 2.15 bits per heavy atom. The smallest absolute Gasteiger partial charge is 0.226 e. The predicted molar refractivity (Wildman–Crippen MR) is 49.4 cm³/mol. The van der Waals surface area contributed by atoms with Gasteiger partial charge in [-0.25, -0.2) is 0 Å². The fraction of sp³-hybridized carbons (Fsp3) is 0.900. The number of rotatable bonds is 2. The molecule has 3 nitrogen and oxygen atoms in total. The van der Waals surface area contributed by atoms with Crippen LogP contribution in [0.4, 0.5) is 0 Å². The Balaban J connectivity index is 2.68. The Hall–Kier alpha value is -0.410. The third kappa shape index (κ3) is 2.29. The summed E-state index contributed by atoms with van der Waals surface area (Å²) >= 11 is 0. The van der Waals surface area contributed by atoms with Crippen molar-refractivity contribution in [2.24, 2.45) is 5.92 Å². The van der Waals surface area contributed by atoms with Gasteiger partial charge in [-0.2, -0.15) is 0 Å². The summed E-state index contributed by atoms with van der Waals surface area (Å²) in [4.78, 5) is 11.7. The van der Waals surface area contributed by atoms with Gasteiger partial charge in [0.25, 0.3) is 0 Å². The number of ether oxygens (including phenoxy) is 2. The van der Waals surface area contributed by atoms with E-state index in [0.29, 0.717) is 6.61 Å². The Bertz CT molecular complexity index is 200. The molecule has 0 spiro atoms. The van der Waals surface area contributed by atoms with Crippen molar-refractivity contribution in [3.05, 3.63) is 0 Å². The maximum absolute atomic E-state index is 11.7. The third-order valence-corrected chi connectivity index (χ3v) is 2.30. The maximum Gasteiger partial charge on any atom is 0.226 e. The highest BCUT2D eigenvalue weighted by molar-refractivity contribution is 5.87. The molecule has 1 aliphatic rings. The highest BCUT2D eigenvalue weighted by atomic mass is 16.7. The van der Waals surface area contributed by atoms with Crippen molar-refractivity contribution in [2.45, 2.75) is 46.0 Å². The quantitative estimate of drug-likeness (QED) is 0.659. The van der Waals surface area contributed by atoms with Gasteiger partial charge in [0.2, 0.25) is 5.79 Å². The molecule has 1 aliphatic heterocycles. The molecule has 0 N–H and O–H groups in total. The van der Waals surface area contributed by atoms with Gasteiger partial charge in [-0.05, 0) is 20.3 Å². The zero-order valence-corrected chi connectivity index (χ0v) is 8.79. The van der Waals surface area contributed by atoms with E-state index >= 15 is 0 Å². The zero-order valence-electron chi connectivity index (χ0n) is 8.79. The van der Waals surface area contributed by atoms with Crippen LogP contribution in [0.15, 0.2) is 0 Å². The average molecular weight is 186 g/mol. The molecule has 0 amide bonds. The maximum atomic E-state index is 11.7. The summed E-state index contributed by atoms with van der Waals surface area (Å²) < 4.78 is 10.9. The van der Waals surface area contributed by atoms with Gasteiger partial charge in [0.1, 0.15) is 0 Å². The van der Waals surface area contributed by atoms with Crippen molar-refractivity contribution in [1.29, 1.82) is 0 Å². The molecule has 0 aliphatic carbocycles. The van der Waals surface area contributed by atoms with Crippen molar-refractivity contribution < 1.29 is 14.3 Å². The summed E-state index contributed by atoms with van der Waals surface area (Å²) in [5.41, 5.74) is 0. The number of hydrogen-bond donors (Lipinski definition) is 0. The molecular weight excluding hydrogens is 168 g/mol. The SMILES string of the molecule is CC1CCOC(C)(C(=O)C(C)C)O1. The second kappa shape index (κ2) is 3.76. The topological polar surface area (TPSA) is 35.5 Å². The molecule has 1 fully saturated rings. The van der Waals surface area contributed by atoms with Crippen molar-refractivity contribution in [3.8, 4) is 0 Å². The van der Waals surface area contributed by atoms with E-state index in [9.17, 15) is 4.79 Å². The summed E-state index contributed by atoms with van der Waals surface area (Å²) in [6, 6.07) is 0. The number of carbonyl (C=O) groups is 1. The van der Waals surface area contributed by atoms with E-state index < -0.39 is 5.79 Å². The fourth-order valence-corrected chi connectivity index (χ4v) is 1.55. The summed E-state index contributed by atoms with van der Waals surface area (Å²) in [7, 11) is 0. The number of carbonyl (C=O) groups excluding carboxylic acids is 1. The molecule has 0 aromatic heterocycles. The third-order valence-electron chi connectivity index (χ3n) is 2.30. The summed E-state index contributed by atoms with van der Waals surface area (Å²) in [5, 5.41) is 0. The number of Topliss-reactive ketones (excluding diaryl/α,β-unsaturated/α-hetero) is 1. The number of ketones is 1. The second-order valence-electron chi connectivity index (χ2n) is 4.03. The molecule has 13 heavy (non-hydrogen) atoms. The van der Waals surface area contributed by atoms with Gasteiger partial charge in [0.15, 0.2) is 5.78 Å². The van der Waals surface area contributed by atoms with Crippen molar-refractivity contribution >= 4 is 5.78 Å². The summed E-state index contributed by atoms with van der Waals surface area (Å²) in [6.07, 6.45) is 0.975. The van der Waals surface area contributed by atoms with Crippen LogP contribution < -0.4 is 0 Å². The molecule has 2 atom stereocenters. The van der Waals surface area contributed by atoms with Crippen LogP contribution in [-0.2, 0) is 14.3 Å². The van der Waals surface area contributed by atoms with Crippen LogP contribution in [-0.4, -0.2) is 24.3 Å². The van der Waals surface area contributed by atoms with Gasteiger partial charge in [0.05, 0.1) is 12.7 Å². The lowest BCUT2D eigenvalue weighted by Crippen LogP contribution is -2.49. The first-order valence-electron chi connectivity index (χ1n) is 4.82. The lowest BCUT2D eigenvalue weighted by molar-refractivity contribution is -0.266. The first-order chi connectivity index (χ1) is 5.96. The molecule has 1 heterocycles. The van der Waals surface area contributed by atoms with Crippen LogP contribution in [0.3, 0.4) is 0 Å². The minimum absolute atomic E-state index is 0.0269. The van der Waals surface area contributed by atoms with Crippen LogP contribution in [0.5, 0.6) is 0 Å². The molecule has 0 aromatic rings. The van der Waals surface area contributed by atoms with Crippen LogP contribution in [0, 0.1) is 5.92 Å². The molecular formula is C10H18O3. The van der Waals surface area contributed by atoms with Crippen molar-refractivity contribution in [2.75, 3.05) is 6.61 Å². The van der Waals surface area contributed by atoms with Gasteiger partial charge >= 0.3 is 0 Å². The fourth-order valence-electron chi connectivity index (χ4n) is 1.55. The summed E-state index contributed by atoms with van der Waals surface area (Å²) in [5.74, 6) is -1.03. The monoisotopic (exact) mass is 186 g/mol. The molecule has 0 aromatic carbocycles. The van der Waals surface area contributed by atoms with Crippen LogP contribution in [0.1, 0.15) is 34.1 Å². The van der Waals surface area contributed by atoms with Crippen molar-refractivity contribution in [3.63, 3.8) is 0 Å². The van der Waals surface area contributed by atoms with Gasteiger partial charge in [-0.3, -0.25) is 4.79 Å². The van der Waals surface area contributed by atoms with E-state index in [-0.39, 0.29) is 17.8 Å². The zero-order chi connectivity index (χ0) is 10.1. The molecule has 2 unspecified atom stereocenters. The molecule has 3 heteroatoms. The normalized spacial score (nSPS) is 35.0. The largest absolute Gasteiger partial charge is 0.344 e. The predicted octanol–water partition coefficient (Wildman–Crippen LogP) is 1.75.